The highest BCUT2D eigenvalue weighted by Crippen LogP contribution is 2.27. The summed E-state index contributed by atoms with van der Waals surface area (Å²) in [6.07, 6.45) is 0. The lowest BCUT2D eigenvalue weighted by Crippen LogP contribution is -2.43. The van der Waals surface area contributed by atoms with E-state index in [1.807, 2.05) is 19.1 Å². The summed E-state index contributed by atoms with van der Waals surface area (Å²) < 4.78 is 13.9. The standard InChI is InChI=1S/C14H23FN2/c1-5-17(10(2)3)14(11(4)16)12-8-6-7-9-13(12)15/h6-11,14H,5,16H2,1-4H3. The molecule has 0 aliphatic heterocycles. The lowest BCUT2D eigenvalue weighted by atomic mass is 9.97. The van der Waals surface area contributed by atoms with Crippen molar-refractivity contribution in [2.75, 3.05) is 6.54 Å². The van der Waals surface area contributed by atoms with Crippen LogP contribution in [-0.2, 0) is 0 Å². The Hall–Kier alpha value is -0.930. The van der Waals surface area contributed by atoms with E-state index < -0.39 is 0 Å². The van der Waals surface area contributed by atoms with Gasteiger partial charge in [0.15, 0.2) is 0 Å². The molecule has 2 N–H and O–H groups in total. The van der Waals surface area contributed by atoms with Crippen molar-refractivity contribution < 1.29 is 4.39 Å². The molecule has 1 aromatic rings. The summed E-state index contributed by atoms with van der Waals surface area (Å²) in [5.41, 5.74) is 6.74. The van der Waals surface area contributed by atoms with E-state index in [9.17, 15) is 4.39 Å². The third-order valence-corrected chi connectivity index (χ3v) is 3.11. The van der Waals surface area contributed by atoms with Gasteiger partial charge in [-0.3, -0.25) is 4.90 Å². The van der Waals surface area contributed by atoms with Crippen molar-refractivity contribution in [3.63, 3.8) is 0 Å². The van der Waals surface area contributed by atoms with Gasteiger partial charge in [-0.15, -0.1) is 0 Å². The van der Waals surface area contributed by atoms with Gasteiger partial charge in [0.05, 0.1) is 6.04 Å². The highest BCUT2D eigenvalue weighted by molar-refractivity contribution is 5.23. The second-order valence-corrected chi connectivity index (χ2v) is 4.75. The van der Waals surface area contributed by atoms with Gasteiger partial charge >= 0.3 is 0 Å². The van der Waals surface area contributed by atoms with Crippen molar-refractivity contribution in [2.24, 2.45) is 5.73 Å². The van der Waals surface area contributed by atoms with E-state index in [4.69, 9.17) is 5.73 Å². The maximum absolute atomic E-state index is 13.9. The predicted molar refractivity (Wildman–Crippen MR) is 70.3 cm³/mol. The molecule has 1 rings (SSSR count). The molecule has 0 aliphatic carbocycles. The second kappa shape index (κ2) is 6.12. The number of nitrogens with two attached hydrogens (primary N) is 1. The molecule has 0 fully saturated rings. The van der Waals surface area contributed by atoms with Gasteiger partial charge in [0.1, 0.15) is 5.82 Å². The fourth-order valence-corrected chi connectivity index (χ4v) is 2.36. The molecule has 3 heteroatoms. The molecule has 96 valence electrons. The van der Waals surface area contributed by atoms with Gasteiger partial charge < -0.3 is 5.73 Å². The smallest absolute Gasteiger partial charge is 0.128 e. The first kappa shape index (κ1) is 14.1. The van der Waals surface area contributed by atoms with Crippen molar-refractivity contribution in [1.82, 2.24) is 4.90 Å². The van der Waals surface area contributed by atoms with Crippen LogP contribution < -0.4 is 5.73 Å². The van der Waals surface area contributed by atoms with Crippen molar-refractivity contribution in [3.8, 4) is 0 Å². The molecular weight excluding hydrogens is 215 g/mol. The molecule has 0 radical (unpaired) electrons. The SMILES string of the molecule is CCN(C(C)C)C(c1ccccc1F)C(C)N. The van der Waals surface area contributed by atoms with Crippen LogP contribution in [-0.4, -0.2) is 23.5 Å². The summed E-state index contributed by atoms with van der Waals surface area (Å²) in [6.45, 7) is 9.09. The largest absolute Gasteiger partial charge is 0.326 e. The fraction of sp³-hybridized carbons (Fsp3) is 0.571. The highest BCUT2D eigenvalue weighted by Gasteiger charge is 2.26. The monoisotopic (exact) mass is 238 g/mol. The maximum atomic E-state index is 13.9. The Kier molecular flexibility index (Phi) is 5.09. The van der Waals surface area contributed by atoms with Crippen molar-refractivity contribution in [1.29, 1.82) is 0 Å². The van der Waals surface area contributed by atoms with Crippen LogP contribution in [0.2, 0.25) is 0 Å². The summed E-state index contributed by atoms with van der Waals surface area (Å²) in [5, 5.41) is 0. The Bertz CT molecular complexity index is 350. The van der Waals surface area contributed by atoms with Crippen LogP contribution in [0.25, 0.3) is 0 Å². The first-order valence-corrected chi connectivity index (χ1v) is 6.24. The molecular formula is C14H23FN2. The van der Waals surface area contributed by atoms with Crippen LogP contribution in [0.1, 0.15) is 39.3 Å². The molecule has 2 unspecified atom stereocenters. The normalized spacial score (nSPS) is 15.3. The third kappa shape index (κ3) is 3.27. The van der Waals surface area contributed by atoms with Crippen molar-refractivity contribution >= 4 is 0 Å². The van der Waals surface area contributed by atoms with E-state index >= 15 is 0 Å². The Labute approximate surface area is 104 Å². The zero-order chi connectivity index (χ0) is 13.0. The van der Waals surface area contributed by atoms with Gasteiger partial charge in [0, 0.05) is 17.6 Å². The molecule has 17 heavy (non-hydrogen) atoms. The number of hydrogen-bond donors (Lipinski definition) is 1. The molecule has 0 aromatic heterocycles. The molecule has 2 atom stereocenters. The molecule has 0 saturated carbocycles. The Morgan fingerprint density at radius 2 is 1.82 bits per heavy atom. The Balaban J connectivity index is 3.13. The van der Waals surface area contributed by atoms with Gasteiger partial charge in [-0.25, -0.2) is 4.39 Å². The number of nitrogens with zero attached hydrogens (tertiary/aromatic N) is 1. The van der Waals surface area contributed by atoms with Gasteiger partial charge in [0.25, 0.3) is 0 Å². The number of likely N-dealkylation sites (N-methyl/N-ethyl adjacent to an activating group) is 1. The van der Waals surface area contributed by atoms with E-state index in [0.717, 1.165) is 6.54 Å². The quantitative estimate of drug-likeness (QED) is 0.854. The van der Waals surface area contributed by atoms with Crippen molar-refractivity contribution in [2.45, 2.75) is 45.8 Å². The number of rotatable bonds is 5. The van der Waals surface area contributed by atoms with Gasteiger partial charge in [-0.05, 0) is 33.4 Å². The summed E-state index contributed by atoms with van der Waals surface area (Å²) in [6, 6.07) is 7.07. The molecule has 0 aliphatic rings. The average molecular weight is 238 g/mol. The predicted octanol–water partition coefficient (Wildman–Crippen LogP) is 2.94. The van der Waals surface area contributed by atoms with Gasteiger partial charge in [0.2, 0.25) is 0 Å². The van der Waals surface area contributed by atoms with E-state index in [0.29, 0.717) is 11.6 Å². The van der Waals surface area contributed by atoms with Gasteiger partial charge in [-0.2, -0.15) is 0 Å². The zero-order valence-corrected chi connectivity index (χ0v) is 11.2. The molecule has 1 aromatic carbocycles. The van der Waals surface area contributed by atoms with E-state index in [-0.39, 0.29) is 17.9 Å². The minimum absolute atomic E-state index is 0.0683. The third-order valence-electron chi connectivity index (χ3n) is 3.11. The number of halogens is 1. The van der Waals surface area contributed by atoms with Crippen LogP contribution in [0, 0.1) is 5.82 Å². The van der Waals surface area contributed by atoms with Crippen LogP contribution >= 0.6 is 0 Å². The molecule has 0 bridgehead atoms. The summed E-state index contributed by atoms with van der Waals surface area (Å²) in [7, 11) is 0. The average Bonchev–Trinajstić information content (AvgIpc) is 2.26. The second-order valence-electron chi connectivity index (χ2n) is 4.75. The topological polar surface area (TPSA) is 29.3 Å². The minimum Gasteiger partial charge on any atom is -0.326 e. The van der Waals surface area contributed by atoms with Gasteiger partial charge in [-0.1, -0.05) is 25.1 Å². The van der Waals surface area contributed by atoms with Crippen LogP contribution in [0.15, 0.2) is 24.3 Å². The number of hydrogen-bond acceptors (Lipinski definition) is 2. The Morgan fingerprint density at radius 3 is 2.24 bits per heavy atom. The van der Waals surface area contributed by atoms with Crippen LogP contribution in [0.3, 0.4) is 0 Å². The molecule has 0 spiro atoms. The maximum Gasteiger partial charge on any atom is 0.128 e. The van der Waals surface area contributed by atoms with E-state index in [1.165, 1.54) is 6.07 Å². The summed E-state index contributed by atoms with van der Waals surface area (Å²) in [4.78, 5) is 2.23. The Morgan fingerprint density at radius 1 is 1.24 bits per heavy atom. The highest BCUT2D eigenvalue weighted by atomic mass is 19.1. The summed E-state index contributed by atoms with van der Waals surface area (Å²) >= 11 is 0. The van der Waals surface area contributed by atoms with Crippen molar-refractivity contribution in [3.05, 3.63) is 35.6 Å². The summed E-state index contributed by atoms with van der Waals surface area (Å²) in [5.74, 6) is -0.172. The molecule has 2 nitrogen and oxygen atoms in total. The molecule has 0 heterocycles. The van der Waals surface area contributed by atoms with Crippen LogP contribution in [0.5, 0.6) is 0 Å². The minimum atomic E-state index is -0.172. The van der Waals surface area contributed by atoms with Crippen LogP contribution in [0.4, 0.5) is 4.39 Å². The molecule has 0 amide bonds. The van der Waals surface area contributed by atoms with E-state index in [1.54, 1.807) is 6.07 Å². The fourth-order valence-electron chi connectivity index (χ4n) is 2.36. The molecule has 0 saturated heterocycles. The lowest BCUT2D eigenvalue weighted by Gasteiger charge is -2.36. The zero-order valence-electron chi connectivity index (χ0n) is 11.2. The number of benzene rings is 1. The van der Waals surface area contributed by atoms with E-state index in [2.05, 4.69) is 25.7 Å². The first-order valence-electron chi connectivity index (χ1n) is 6.24. The lowest BCUT2D eigenvalue weighted by molar-refractivity contribution is 0.141. The first-order chi connectivity index (χ1) is 7.99.